The quantitative estimate of drug-likeness (QED) is 0.756. The second kappa shape index (κ2) is 4.80. The Labute approximate surface area is 92.7 Å². The van der Waals surface area contributed by atoms with E-state index in [-0.39, 0.29) is 17.0 Å². The fourth-order valence-electron chi connectivity index (χ4n) is 2.23. The lowest BCUT2D eigenvalue weighted by Crippen LogP contribution is -2.56. The van der Waals surface area contributed by atoms with E-state index in [9.17, 15) is 8.42 Å². The van der Waals surface area contributed by atoms with E-state index in [1.54, 1.807) is 0 Å². The highest BCUT2D eigenvalue weighted by molar-refractivity contribution is 7.91. The molecule has 0 aliphatic carbocycles. The van der Waals surface area contributed by atoms with Crippen LogP contribution in [0.25, 0.3) is 0 Å². The van der Waals surface area contributed by atoms with Gasteiger partial charge in [-0.2, -0.15) is 0 Å². The van der Waals surface area contributed by atoms with E-state index in [0.29, 0.717) is 19.4 Å². The summed E-state index contributed by atoms with van der Waals surface area (Å²) < 4.78 is 22.8. The van der Waals surface area contributed by atoms with Crippen molar-refractivity contribution >= 4 is 9.84 Å². The van der Waals surface area contributed by atoms with Crippen molar-refractivity contribution in [3.63, 3.8) is 0 Å². The first kappa shape index (κ1) is 12.9. The zero-order valence-electron chi connectivity index (χ0n) is 9.70. The number of rotatable bonds is 4. The third kappa shape index (κ3) is 2.92. The number of sulfone groups is 1. The van der Waals surface area contributed by atoms with E-state index in [1.165, 1.54) is 0 Å². The van der Waals surface area contributed by atoms with Crippen LogP contribution in [0, 0.1) is 0 Å². The molecule has 0 aromatic rings. The fourth-order valence-corrected chi connectivity index (χ4v) is 3.82. The first-order chi connectivity index (χ1) is 6.96. The Morgan fingerprint density at radius 3 is 2.27 bits per heavy atom. The standard InChI is InChI=1S/C10H22N2O2S/c1-3-6-12(2)10(9-11)4-7-15(13,14)8-5-10/h3-9,11H2,1-2H3. The summed E-state index contributed by atoms with van der Waals surface area (Å²) in [5, 5.41) is 0. The van der Waals surface area contributed by atoms with Crippen LogP contribution in [0.15, 0.2) is 0 Å². The van der Waals surface area contributed by atoms with Crippen LogP contribution in [0.2, 0.25) is 0 Å². The summed E-state index contributed by atoms with van der Waals surface area (Å²) in [7, 11) is -0.745. The van der Waals surface area contributed by atoms with Gasteiger partial charge in [-0.25, -0.2) is 8.42 Å². The Hall–Kier alpha value is -0.130. The van der Waals surface area contributed by atoms with Gasteiger partial charge in [0.25, 0.3) is 0 Å². The molecule has 4 nitrogen and oxygen atoms in total. The zero-order valence-corrected chi connectivity index (χ0v) is 10.5. The monoisotopic (exact) mass is 234 g/mol. The van der Waals surface area contributed by atoms with Gasteiger partial charge in [0.1, 0.15) is 9.84 Å². The van der Waals surface area contributed by atoms with Gasteiger partial charge in [-0.1, -0.05) is 6.92 Å². The molecule has 0 spiro atoms. The number of nitrogens with zero attached hydrogens (tertiary/aromatic N) is 1. The topological polar surface area (TPSA) is 63.4 Å². The summed E-state index contributed by atoms with van der Waals surface area (Å²) in [6, 6.07) is 0. The molecule has 1 rings (SSSR count). The molecule has 1 aliphatic rings. The van der Waals surface area contributed by atoms with Crippen LogP contribution in [-0.2, 0) is 9.84 Å². The third-order valence-electron chi connectivity index (χ3n) is 3.51. The number of hydrogen-bond acceptors (Lipinski definition) is 4. The number of likely N-dealkylation sites (N-methyl/N-ethyl adjacent to an activating group) is 1. The smallest absolute Gasteiger partial charge is 0.150 e. The van der Waals surface area contributed by atoms with Crippen LogP contribution in [0.1, 0.15) is 26.2 Å². The summed E-state index contributed by atoms with van der Waals surface area (Å²) in [6.07, 6.45) is 2.44. The molecule has 1 saturated heterocycles. The van der Waals surface area contributed by atoms with Crippen molar-refractivity contribution < 1.29 is 8.42 Å². The molecule has 0 saturated carbocycles. The van der Waals surface area contributed by atoms with Gasteiger partial charge in [0.15, 0.2) is 0 Å². The Morgan fingerprint density at radius 1 is 1.33 bits per heavy atom. The molecule has 0 bridgehead atoms. The van der Waals surface area contributed by atoms with Crippen molar-refractivity contribution in [1.29, 1.82) is 0 Å². The summed E-state index contributed by atoms with van der Waals surface area (Å²) in [4.78, 5) is 2.24. The molecule has 1 aliphatic heterocycles. The highest BCUT2D eigenvalue weighted by Crippen LogP contribution is 2.28. The molecule has 90 valence electrons. The van der Waals surface area contributed by atoms with Crippen LogP contribution >= 0.6 is 0 Å². The largest absolute Gasteiger partial charge is 0.329 e. The molecule has 1 fully saturated rings. The van der Waals surface area contributed by atoms with E-state index in [0.717, 1.165) is 13.0 Å². The van der Waals surface area contributed by atoms with Crippen LogP contribution in [0.3, 0.4) is 0 Å². The van der Waals surface area contributed by atoms with Crippen molar-refractivity contribution in [3.8, 4) is 0 Å². The third-order valence-corrected chi connectivity index (χ3v) is 5.16. The minimum Gasteiger partial charge on any atom is -0.329 e. The maximum atomic E-state index is 11.4. The van der Waals surface area contributed by atoms with Gasteiger partial charge in [-0.15, -0.1) is 0 Å². The number of hydrogen-bond donors (Lipinski definition) is 1. The molecule has 0 amide bonds. The molecular weight excluding hydrogens is 212 g/mol. The predicted molar refractivity (Wildman–Crippen MR) is 62.6 cm³/mol. The zero-order chi connectivity index (χ0) is 11.5. The summed E-state index contributed by atoms with van der Waals surface area (Å²) in [5.41, 5.74) is 5.74. The van der Waals surface area contributed by atoms with E-state index in [4.69, 9.17) is 5.73 Å². The van der Waals surface area contributed by atoms with Gasteiger partial charge in [0, 0.05) is 12.1 Å². The van der Waals surface area contributed by atoms with Crippen molar-refractivity contribution in [1.82, 2.24) is 4.90 Å². The molecule has 0 unspecified atom stereocenters. The van der Waals surface area contributed by atoms with Crippen LogP contribution in [-0.4, -0.2) is 50.5 Å². The maximum absolute atomic E-state index is 11.4. The Morgan fingerprint density at radius 2 is 1.87 bits per heavy atom. The molecule has 5 heteroatoms. The maximum Gasteiger partial charge on any atom is 0.150 e. The second-order valence-electron chi connectivity index (χ2n) is 4.50. The molecule has 15 heavy (non-hydrogen) atoms. The van der Waals surface area contributed by atoms with Crippen LogP contribution in [0.5, 0.6) is 0 Å². The van der Waals surface area contributed by atoms with E-state index >= 15 is 0 Å². The highest BCUT2D eigenvalue weighted by Gasteiger charge is 2.38. The summed E-state index contributed by atoms with van der Waals surface area (Å²) in [6.45, 7) is 3.66. The SMILES string of the molecule is CCCN(C)C1(CN)CCS(=O)(=O)CC1. The van der Waals surface area contributed by atoms with E-state index < -0.39 is 9.84 Å². The van der Waals surface area contributed by atoms with Crippen molar-refractivity contribution in [2.45, 2.75) is 31.7 Å². The van der Waals surface area contributed by atoms with Gasteiger partial charge in [-0.05, 0) is 32.9 Å². The van der Waals surface area contributed by atoms with E-state index in [2.05, 4.69) is 11.8 Å². The normalized spacial score (nSPS) is 24.3. The molecular formula is C10H22N2O2S. The van der Waals surface area contributed by atoms with Gasteiger partial charge < -0.3 is 5.73 Å². The van der Waals surface area contributed by atoms with Crippen LogP contribution < -0.4 is 5.73 Å². The molecule has 0 aromatic heterocycles. The Bertz CT molecular complexity index is 287. The van der Waals surface area contributed by atoms with Crippen molar-refractivity contribution in [2.24, 2.45) is 5.73 Å². The molecule has 0 aromatic carbocycles. The lowest BCUT2D eigenvalue weighted by Gasteiger charge is -2.43. The van der Waals surface area contributed by atoms with Crippen molar-refractivity contribution in [2.75, 3.05) is 31.6 Å². The lowest BCUT2D eigenvalue weighted by atomic mass is 9.90. The first-order valence-corrected chi connectivity index (χ1v) is 7.40. The Kier molecular flexibility index (Phi) is 4.14. The molecule has 0 radical (unpaired) electrons. The predicted octanol–water partition coefficient (Wildman–Crippen LogP) is 0.234. The van der Waals surface area contributed by atoms with Crippen LogP contribution in [0.4, 0.5) is 0 Å². The average molecular weight is 234 g/mol. The van der Waals surface area contributed by atoms with Crippen molar-refractivity contribution in [3.05, 3.63) is 0 Å². The molecule has 0 atom stereocenters. The minimum absolute atomic E-state index is 0.0820. The molecule has 1 heterocycles. The first-order valence-electron chi connectivity index (χ1n) is 5.57. The molecule has 2 N–H and O–H groups in total. The van der Waals surface area contributed by atoms with Gasteiger partial charge >= 0.3 is 0 Å². The fraction of sp³-hybridized carbons (Fsp3) is 1.00. The summed E-state index contributed by atoms with van der Waals surface area (Å²) >= 11 is 0. The minimum atomic E-state index is -2.79. The summed E-state index contributed by atoms with van der Waals surface area (Å²) in [5.74, 6) is 0.580. The highest BCUT2D eigenvalue weighted by atomic mass is 32.2. The lowest BCUT2D eigenvalue weighted by molar-refractivity contribution is 0.113. The van der Waals surface area contributed by atoms with Gasteiger partial charge in [0.2, 0.25) is 0 Å². The van der Waals surface area contributed by atoms with Gasteiger partial charge in [0.05, 0.1) is 11.5 Å². The average Bonchev–Trinajstić information content (AvgIpc) is 2.19. The second-order valence-corrected chi connectivity index (χ2v) is 6.81. The number of nitrogens with two attached hydrogens (primary N) is 1. The van der Waals surface area contributed by atoms with Gasteiger partial charge in [-0.3, -0.25) is 4.90 Å². The Balaban J connectivity index is 2.71. The van der Waals surface area contributed by atoms with E-state index in [1.807, 2.05) is 7.05 Å².